The predicted octanol–water partition coefficient (Wildman–Crippen LogP) is 4.95. The standard InChI is InChI=1S/C22H27N5OS/c1-14(2)18-7-6-8-19(15(3)4)21(18)23-20(28)13-29-22-24-25-26-27(22)17-11-9-16(5)10-12-17/h6-12,14-15H,13H2,1-5H3,(H,23,28). The van der Waals surface area contributed by atoms with Gasteiger partial charge in [0, 0.05) is 5.69 Å². The minimum atomic E-state index is -0.0662. The summed E-state index contributed by atoms with van der Waals surface area (Å²) in [6.45, 7) is 10.6. The lowest BCUT2D eigenvalue weighted by molar-refractivity contribution is -0.113. The second kappa shape index (κ2) is 9.22. The summed E-state index contributed by atoms with van der Waals surface area (Å²) in [6.07, 6.45) is 0. The monoisotopic (exact) mass is 409 g/mol. The SMILES string of the molecule is Cc1ccc(-n2nnnc2SCC(=O)Nc2c(C(C)C)cccc2C(C)C)cc1. The molecule has 1 N–H and O–H groups in total. The first-order chi connectivity index (χ1) is 13.9. The van der Waals surface area contributed by atoms with E-state index >= 15 is 0 Å². The lowest BCUT2D eigenvalue weighted by Crippen LogP contribution is -2.18. The molecule has 0 aliphatic rings. The van der Waals surface area contributed by atoms with E-state index in [1.807, 2.05) is 31.2 Å². The summed E-state index contributed by atoms with van der Waals surface area (Å²) in [4.78, 5) is 12.7. The zero-order valence-electron chi connectivity index (χ0n) is 17.5. The average Bonchev–Trinajstić information content (AvgIpc) is 3.15. The van der Waals surface area contributed by atoms with Gasteiger partial charge in [0.2, 0.25) is 11.1 Å². The molecule has 1 amide bonds. The van der Waals surface area contributed by atoms with E-state index in [1.54, 1.807) is 4.68 Å². The Bertz CT molecular complexity index is 953. The van der Waals surface area contributed by atoms with Gasteiger partial charge in [-0.25, -0.2) is 0 Å². The molecular weight excluding hydrogens is 382 g/mol. The number of thioether (sulfide) groups is 1. The number of anilines is 1. The van der Waals surface area contributed by atoms with Gasteiger partial charge >= 0.3 is 0 Å². The van der Waals surface area contributed by atoms with Crippen molar-refractivity contribution < 1.29 is 4.79 Å². The molecule has 0 fully saturated rings. The third kappa shape index (κ3) is 5.03. The molecule has 7 heteroatoms. The van der Waals surface area contributed by atoms with Crippen LogP contribution in [0.25, 0.3) is 5.69 Å². The van der Waals surface area contributed by atoms with E-state index in [2.05, 4.69) is 66.7 Å². The van der Waals surface area contributed by atoms with Crippen molar-refractivity contribution in [3.05, 3.63) is 59.2 Å². The Labute approximate surface area is 176 Å². The molecule has 3 rings (SSSR count). The molecule has 152 valence electrons. The van der Waals surface area contributed by atoms with Gasteiger partial charge in [0.15, 0.2) is 0 Å². The molecule has 29 heavy (non-hydrogen) atoms. The number of para-hydroxylation sites is 1. The molecule has 0 atom stereocenters. The number of carbonyl (C=O) groups excluding carboxylic acids is 1. The number of amides is 1. The van der Waals surface area contributed by atoms with Crippen LogP contribution in [0.2, 0.25) is 0 Å². The van der Waals surface area contributed by atoms with Gasteiger partial charge in [-0.3, -0.25) is 4.79 Å². The largest absolute Gasteiger partial charge is 0.325 e. The van der Waals surface area contributed by atoms with Crippen LogP contribution in [0.4, 0.5) is 5.69 Å². The third-order valence-electron chi connectivity index (χ3n) is 4.69. The lowest BCUT2D eigenvalue weighted by atomic mass is 9.92. The summed E-state index contributed by atoms with van der Waals surface area (Å²) in [5, 5.41) is 15.6. The topological polar surface area (TPSA) is 72.7 Å². The molecule has 0 bridgehead atoms. The van der Waals surface area contributed by atoms with Gasteiger partial charge in [-0.05, 0) is 52.4 Å². The number of aryl methyl sites for hydroxylation is 1. The van der Waals surface area contributed by atoms with Crippen molar-refractivity contribution in [2.24, 2.45) is 0 Å². The number of nitrogens with zero attached hydrogens (tertiary/aromatic N) is 4. The van der Waals surface area contributed by atoms with Crippen molar-refractivity contribution in [3.63, 3.8) is 0 Å². The highest BCUT2D eigenvalue weighted by Crippen LogP contribution is 2.32. The number of hydrogen-bond acceptors (Lipinski definition) is 5. The number of rotatable bonds is 7. The van der Waals surface area contributed by atoms with Gasteiger partial charge in [0.05, 0.1) is 11.4 Å². The highest BCUT2D eigenvalue weighted by Gasteiger charge is 2.17. The number of benzene rings is 2. The zero-order chi connectivity index (χ0) is 21.0. The average molecular weight is 410 g/mol. The van der Waals surface area contributed by atoms with Gasteiger partial charge in [-0.2, -0.15) is 4.68 Å². The Morgan fingerprint density at radius 3 is 2.24 bits per heavy atom. The molecular formula is C22H27N5OS. The Morgan fingerprint density at radius 1 is 1.03 bits per heavy atom. The maximum atomic E-state index is 12.7. The summed E-state index contributed by atoms with van der Waals surface area (Å²) in [6, 6.07) is 14.2. The number of nitrogens with one attached hydrogen (secondary N) is 1. The fourth-order valence-corrected chi connectivity index (χ4v) is 3.81. The highest BCUT2D eigenvalue weighted by atomic mass is 32.2. The van der Waals surface area contributed by atoms with Gasteiger partial charge in [-0.15, -0.1) is 5.10 Å². The van der Waals surface area contributed by atoms with Gasteiger partial charge in [0.1, 0.15) is 0 Å². The van der Waals surface area contributed by atoms with Gasteiger partial charge in [-0.1, -0.05) is 75.4 Å². The van der Waals surface area contributed by atoms with Crippen LogP contribution < -0.4 is 5.32 Å². The van der Waals surface area contributed by atoms with Gasteiger partial charge in [0.25, 0.3) is 0 Å². The number of hydrogen-bond donors (Lipinski definition) is 1. The first-order valence-corrected chi connectivity index (χ1v) is 10.8. The second-order valence-electron chi connectivity index (χ2n) is 7.67. The molecule has 2 aromatic carbocycles. The minimum Gasteiger partial charge on any atom is -0.325 e. The zero-order valence-corrected chi connectivity index (χ0v) is 18.3. The van der Waals surface area contributed by atoms with Crippen molar-refractivity contribution in [3.8, 4) is 5.69 Å². The van der Waals surface area contributed by atoms with Crippen LogP contribution in [-0.2, 0) is 4.79 Å². The molecule has 1 heterocycles. The second-order valence-corrected chi connectivity index (χ2v) is 8.61. The fourth-order valence-electron chi connectivity index (χ4n) is 3.12. The molecule has 0 spiro atoms. The van der Waals surface area contributed by atoms with Crippen LogP contribution in [0.5, 0.6) is 0 Å². The van der Waals surface area contributed by atoms with Crippen molar-refractivity contribution in [1.82, 2.24) is 20.2 Å². The minimum absolute atomic E-state index is 0.0662. The molecule has 0 aliphatic carbocycles. The predicted molar refractivity (Wildman–Crippen MR) is 118 cm³/mol. The summed E-state index contributed by atoms with van der Waals surface area (Å²) >= 11 is 1.32. The Morgan fingerprint density at radius 2 is 1.66 bits per heavy atom. The van der Waals surface area contributed by atoms with E-state index in [0.717, 1.165) is 22.5 Å². The van der Waals surface area contributed by atoms with Crippen LogP contribution in [0.1, 0.15) is 56.2 Å². The molecule has 0 saturated heterocycles. The first kappa shape index (κ1) is 21.0. The van der Waals surface area contributed by atoms with Crippen molar-refractivity contribution >= 4 is 23.4 Å². The molecule has 1 aromatic heterocycles. The smallest absolute Gasteiger partial charge is 0.234 e. The number of tetrazole rings is 1. The van der Waals surface area contributed by atoms with E-state index in [4.69, 9.17) is 0 Å². The van der Waals surface area contributed by atoms with Crippen molar-refractivity contribution in [2.75, 3.05) is 11.1 Å². The normalized spacial score (nSPS) is 11.3. The lowest BCUT2D eigenvalue weighted by Gasteiger charge is -2.20. The molecule has 0 aliphatic heterocycles. The van der Waals surface area contributed by atoms with Crippen molar-refractivity contribution in [2.45, 2.75) is 51.6 Å². The highest BCUT2D eigenvalue weighted by molar-refractivity contribution is 7.99. The van der Waals surface area contributed by atoms with E-state index in [0.29, 0.717) is 17.0 Å². The van der Waals surface area contributed by atoms with Crippen LogP contribution in [0.3, 0.4) is 0 Å². The molecule has 0 unspecified atom stereocenters. The fraction of sp³-hybridized carbons (Fsp3) is 0.364. The van der Waals surface area contributed by atoms with E-state index in [9.17, 15) is 4.79 Å². The Balaban J connectivity index is 1.74. The van der Waals surface area contributed by atoms with E-state index in [1.165, 1.54) is 17.3 Å². The summed E-state index contributed by atoms with van der Waals surface area (Å²) in [5.41, 5.74) is 5.27. The maximum absolute atomic E-state index is 12.7. The van der Waals surface area contributed by atoms with Gasteiger partial charge < -0.3 is 5.32 Å². The maximum Gasteiger partial charge on any atom is 0.234 e. The molecule has 3 aromatic rings. The van der Waals surface area contributed by atoms with Crippen LogP contribution in [-0.4, -0.2) is 31.9 Å². The van der Waals surface area contributed by atoms with Crippen LogP contribution in [0, 0.1) is 6.92 Å². The third-order valence-corrected chi connectivity index (χ3v) is 5.61. The quantitative estimate of drug-likeness (QED) is 0.559. The molecule has 6 nitrogen and oxygen atoms in total. The summed E-state index contributed by atoms with van der Waals surface area (Å²) < 4.78 is 1.65. The Kier molecular flexibility index (Phi) is 6.69. The van der Waals surface area contributed by atoms with E-state index < -0.39 is 0 Å². The number of aromatic nitrogens is 4. The molecule has 0 radical (unpaired) electrons. The molecule has 0 saturated carbocycles. The first-order valence-electron chi connectivity index (χ1n) is 9.77. The van der Waals surface area contributed by atoms with Crippen LogP contribution >= 0.6 is 11.8 Å². The Hall–Kier alpha value is -2.67. The summed E-state index contributed by atoms with van der Waals surface area (Å²) in [7, 11) is 0. The van der Waals surface area contributed by atoms with Crippen molar-refractivity contribution in [1.29, 1.82) is 0 Å². The van der Waals surface area contributed by atoms with Crippen LogP contribution in [0.15, 0.2) is 47.6 Å². The number of carbonyl (C=O) groups is 1. The summed E-state index contributed by atoms with van der Waals surface area (Å²) in [5.74, 6) is 0.815. The van der Waals surface area contributed by atoms with E-state index in [-0.39, 0.29) is 11.7 Å².